The Morgan fingerprint density at radius 1 is 1.21 bits per heavy atom. The van der Waals surface area contributed by atoms with Crippen LogP contribution in [-0.2, 0) is 9.59 Å². The third-order valence-electron chi connectivity index (χ3n) is 5.61. The average molecular weight is 403 g/mol. The smallest absolute Gasteiger partial charge is 0.240 e. The van der Waals surface area contributed by atoms with Crippen molar-refractivity contribution in [3.05, 3.63) is 35.9 Å². The van der Waals surface area contributed by atoms with Gasteiger partial charge in [-0.05, 0) is 46.2 Å². The Kier molecular flexibility index (Phi) is 8.23. The van der Waals surface area contributed by atoms with Crippen LogP contribution < -0.4 is 5.32 Å². The summed E-state index contributed by atoms with van der Waals surface area (Å²) in [5.41, 5.74) is 1.04. The van der Waals surface area contributed by atoms with Gasteiger partial charge in [0.2, 0.25) is 11.8 Å². The van der Waals surface area contributed by atoms with Gasteiger partial charge in [0.15, 0.2) is 0 Å². The number of nitrogens with zero attached hydrogens (tertiary/aromatic N) is 3. The van der Waals surface area contributed by atoms with Crippen molar-refractivity contribution in [1.29, 1.82) is 0 Å². The minimum Gasteiger partial charge on any atom is -0.350 e. The van der Waals surface area contributed by atoms with E-state index >= 15 is 0 Å². The van der Waals surface area contributed by atoms with E-state index in [2.05, 4.69) is 53.2 Å². The highest BCUT2D eigenvalue weighted by Crippen LogP contribution is 2.26. The summed E-state index contributed by atoms with van der Waals surface area (Å²) in [7, 11) is 1.71. The molecule has 1 aliphatic heterocycles. The molecular weight excluding hydrogens is 364 g/mol. The first-order valence-corrected chi connectivity index (χ1v) is 10.7. The molecule has 0 bridgehead atoms. The van der Waals surface area contributed by atoms with Crippen LogP contribution in [0, 0.1) is 0 Å². The van der Waals surface area contributed by atoms with Crippen LogP contribution >= 0.6 is 0 Å². The summed E-state index contributed by atoms with van der Waals surface area (Å²) in [6.07, 6.45) is 1.06. The Labute approximate surface area is 176 Å². The molecule has 6 nitrogen and oxygen atoms in total. The topological polar surface area (TPSA) is 55.9 Å². The largest absolute Gasteiger partial charge is 0.350 e. The van der Waals surface area contributed by atoms with Crippen molar-refractivity contribution in [2.45, 2.75) is 58.7 Å². The van der Waals surface area contributed by atoms with Gasteiger partial charge in [-0.1, -0.05) is 37.3 Å². The van der Waals surface area contributed by atoms with Crippen molar-refractivity contribution in [2.24, 2.45) is 0 Å². The van der Waals surface area contributed by atoms with E-state index in [9.17, 15) is 9.59 Å². The summed E-state index contributed by atoms with van der Waals surface area (Å²) < 4.78 is 0. The van der Waals surface area contributed by atoms with E-state index < -0.39 is 0 Å². The molecule has 1 aromatic carbocycles. The van der Waals surface area contributed by atoms with Gasteiger partial charge >= 0.3 is 0 Å². The second-order valence-electron chi connectivity index (χ2n) is 9.14. The van der Waals surface area contributed by atoms with Gasteiger partial charge in [-0.15, -0.1) is 0 Å². The van der Waals surface area contributed by atoms with Crippen molar-refractivity contribution < 1.29 is 9.59 Å². The third-order valence-corrected chi connectivity index (χ3v) is 5.61. The van der Waals surface area contributed by atoms with Crippen LogP contribution in [0.3, 0.4) is 0 Å². The Hall–Kier alpha value is -1.92. The van der Waals surface area contributed by atoms with Crippen LogP contribution in [0.5, 0.6) is 0 Å². The molecule has 1 saturated heterocycles. The van der Waals surface area contributed by atoms with Crippen LogP contribution in [0.1, 0.15) is 52.6 Å². The molecule has 0 spiro atoms. The van der Waals surface area contributed by atoms with Gasteiger partial charge in [-0.2, -0.15) is 0 Å². The second kappa shape index (κ2) is 10.2. The van der Waals surface area contributed by atoms with Crippen LogP contribution in [-0.4, -0.2) is 77.9 Å². The van der Waals surface area contributed by atoms with E-state index in [4.69, 9.17) is 0 Å². The lowest BCUT2D eigenvalue weighted by Crippen LogP contribution is -2.49. The Balaban J connectivity index is 1.88. The highest BCUT2D eigenvalue weighted by molar-refractivity contribution is 5.85. The van der Waals surface area contributed by atoms with Gasteiger partial charge in [0.05, 0.1) is 13.1 Å². The number of hydrogen-bond donors (Lipinski definition) is 1. The molecule has 0 radical (unpaired) electrons. The van der Waals surface area contributed by atoms with Crippen molar-refractivity contribution >= 4 is 11.8 Å². The number of nitrogens with one attached hydrogen (secondary N) is 1. The number of benzene rings is 1. The molecule has 6 heteroatoms. The number of likely N-dealkylation sites (N-methyl/N-ethyl adjacent to an activating group) is 2. The maximum atomic E-state index is 12.7. The fourth-order valence-electron chi connectivity index (χ4n) is 3.92. The lowest BCUT2D eigenvalue weighted by molar-refractivity contribution is -0.136. The van der Waals surface area contributed by atoms with Gasteiger partial charge in [0, 0.05) is 37.8 Å². The van der Waals surface area contributed by atoms with Crippen molar-refractivity contribution in [1.82, 2.24) is 20.0 Å². The van der Waals surface area contributed by atoms with E-state index in [-0.39, 0.29) is 23.9 Å². The van der Waals surface area contributed by atoms with Crippen LogP contribution in [0.15, 0.2) is 30.3 Å². The van der Waals surface area contributed by atoms with Gasteiger partial charge in [0.1, 0.15) is 0 Å². The molecule has 1 N–H and O–H groups in total. The molecule has 0 saturated carbocycles. The number of hydrogen-bond acceptors (Lipinski definition) is 4. The molecular formula is C23H38N4O2. The number of likely N-dealkylation sites (tertiary alicyclic amines) is 1. The summed E-state index contributed by atoms with van der Waals surface area (Å²) in [6.45, 7) is 13.4. The van der Waals surface area contributed by atoms with Crippen LogP contribution in [0.2, 0.25) is 0 Å². The summed E-state index contributed by atoms with van der Waals surface area (Å²) in [4.78, 5) is 31.1. The van der Waals surface area contributed by atoms with Crippen molar-refractivity contribution in [2.75, 3.05) is 39.8 Å². The zero-order chi connectivity index (χ0) is 21.6. The lowest BCUT2D eigenvalue weighted by Gasteiger charge is -2.30. The molecule has 2 amide bonds. The van der Waals surface area contributed by atoms with Gasteiger partial charge in [0.25, 0.3) is 0 Å². The highest BCUT2D eigenvalue weighted by atomic mass is 16.2. The van der Waals surface area contributed by atoms with Crippen LogP contribution in [0.4, 0.5) is 0 Å². The molecule has 1 aromatic rings. The van der Waals surface area contributed by atoms with Gasteiger partial charge in [-0.25, -0.2) is 0 Å². The molecule has 2 rings (SSSR count). The van der Waals surface area contributed by atoms with E-state index in [0.717, 1.165) is 26.1 Å². The number of amides is 2. The second-order valence-corrected chi connectivity index (χ2v) is 9.14. The Morgan fingerprint density at radius 3 is 2.45 bits per heavy atom. The average Bonchev–Trinajstić information content (AvgIpc) is 3.14. The van der Waals surface area contributed by atoms with Crippen LogP contribution in [0.25, 0.3) is 0 Å². The fourth-order valence-corrected chi connectivity index (χ4v) is 3.92. The number of carbonyl (C=O) groups excluding carboxylic acids is 2. The first-order valence-electron chi connectivity index (χ1n) is 10.7. The fraction of sp³-hybridized carbons (Fsp3) is 0.652. The predicted octanol–water partition coefficient (Wildman–Crippen LogP) is 2.52. The minimum atomic E-state index is -0.292. The van der Waals surface area contributed by atoms with E-state index in [1.165, 1.54) is 10.5 Å². The third kappa shape index (κ3) is 7.12. The quantitative estimate of drug-likeness (QED) is 0.726. The monoisotopic (exact) mass is 402 g/mol. The summed E-state index contributed by atoms with van der Waals surface area (Å²) in [5.74, 6) is -0.134. The molecule has 0 aliphatic carbocycles. The summed E-state index contributed by atoms with van der Waals surface area (Å²) in [5, 5.41) is 2.91. The van der Waals surface area contributed by atoms with Crippen molar-refractivity contribution in [3.63, 3.8) is 0 Å². The standard InChI is InChI=1S/C23H38N4O2/c1-7-26(17-22(29)25(6)16-21(28)24-23(3,4)5)20-13-14-27(15-20)18(2)19-11-9-8-10-12-19/h8-12,18,20H,7,13-17H2,1-6H3,(H,24,28). The summed E-state index contributed by atoms with van der Waals surface area (Å²) in [6, 6.07) is 11.3. The van der Waals surface area contributed by atoms with E-state index in [0.29, 0.717) is 18.6 Å². The molecule has 162 valence electrons. The van der Waals surface area contributed by atoms with E-state index in [1.54, 1.807) is 7.05 Å². The first kappa shape index (κ1) is 23.4. The maximum absolute atomic E-state index is 12.7. The molecule has 0 aromatic heterocycles. The normalized spacial score (nSPS) is 18.7. The van der Waals surface area contributed by atoms with Gasteiger partial charge in [-0.3, -0.25) is 19.4 Å². The summed E-state index contributed by atoms with van der Waals surface area (Å²) >= 11 is 0. The van der Waals surface area contributed by atoms with Gasteiger partial charge < -0.3 is 10.2 Å². The van der Waals surface area contributed by atoms with E-state index in [1.807, 2.05) is 26.8 Å². The maximum Gasteiger partial charge on any atom is 0.240 e. The molecule has 2 unspecified atom stereocenters. The molecule has 1 fully saturated rings. The Bertz CT molecular complexity index is 671. The Morgan fingerprint density at radius 2 is 1.86 bits per heavy atom. The SMILES string of the molecule is CCN(CC(=O)N(C)CC(=O)NC(C)(C)C)C1CCN(C(C)c2ccccc2)C1. The van der Waals surface area contributed by atoms with Crippen molar-refractivity contribution in [3.8, 4) is 0 Å². The molecule has 2 atom stereocenters. The zero-order valence-corrected chi connectivity index (χ0v) is 18.9. The molecule has 1 heterocycles. The predicted molar refractivity (Wildman–Crippen MR) is 118 cm³/mol. The highest BCUT2D eigenvalue weighted by Gasteiger charge is 2.31. The molecule has 1 aliphatic rings. The minimum absolute atomic E-state index is 0.00883. The number of rotatable bonds is 8. The molecule has 29 heavy (non-hydrogen) atoms. The zero-order valence-electron chi connectivity index (χ0n) is 18.9. The lowest BCUT2D eigenvalue weighted by atomic mass is 10.1. The number of carbonyl (C=O) groups is 2. The first-order chi connectivity index (χ1) is 13.6.